The van der Waals surface area contributed by atoms with Crippen LogP contribution >= 0.6 is 0 Å². The van der Waals surface area contributed by atoms with Gasteiger partial charge in [0.2, 0.25) is 0 Å². The molecule has 0 aliphatic heterocycles. The molecule has 0 rings (SSSR count). The molecule has 0 aromatic rings. The van der Waals surface area contributed by atoms with E-state index in [1.807, 2.05) is 0 Å². The zero-order valence-electron chi connectivity index (χ0n) is 4.53. The molecule has 0 heterocycles. The second kappa shape index (κ2) is 2.97. The second-order valence-corrected chi connectivity index (χ2v) is 1.37. The lowest BCUT2D eigenvalue weighted by Crippen LogP contribution is -2.23. The molecule has 1 nitrogen and oxygen atoms in total. The monoisotopic (exact) mass is 127 g/mol. The van der Waals surface area contributed by atoms with Gasteiger partial charge in [0.05, 0.1) is 0 Å². The summed E-state index contributed by atoms with van der Waals surface area (Å²) in [6.07, 6.45) is 0. The van der Waals surface area contributed by atoms with E-state index in [0.29, 0.717) is 0 Å². The Morgan fingerprint density at radius 2 is 1.88 bits per heavy atom. The summed E-state index contributed by atoms with van der Waals surface area (Å²) in [5, 5.41) is 0. The Bertz CT molecular complexity index is 62.0. The van der Waals surface area contributed by atoms with Crippen molar-refractivity contribution in [3.63, 3.8) is 0 Å². The number of rotatable bonds is 3. The minimum atomic E-state index is -4.72. The fourth-order valence-corrected chi connectivity index (χ4v) is 0.251. The van der Waals surface area contributed by atoms with Crippen molar-refractivity contribution in [3.05, 3.63) is 0 Å². The molecule has 0 spiro atoms. The minimum absolute atomic E-state index is 0.126. The van der Waals surface area contributed by atoms with E-state index in [9.17, 15) is 12.9 Å². The predicted octanol–water partition coefficient (Wildman–Crippen LogP) is 1.41. The third-order valence-corrected chi connectivity index (χ3v) is 0.511. The molecule has 0 fully saturated rings. The van der Waals surface area contributed by atoms with E-state index in [0.717, 1.165) is 0 Å². The van der Waals surface area contributed by atoms with Crippen LogP contribution in [-0.4, -0.2) is 20.1 Å². The topological polar surface area (TPSA) is 9.23 Å². The fourth-order valence-electron chi connectivity index (χ4n) is 0.251. The van der Waals surface area contributed by atoms with Crippen molar-refractivity contribution in [2.45, 2.75) is 6.92 Å². The summed E-state index contributed by atoms with van der Waals surface area (Å²) in [5.41, 5.74) is 0. The van der Waals surface area contributed by atoms with E-state index in [-0.39, 0.29) is 6.61 Å². The van der Waals surface area contributed by atoms with E-state index >= 15 is 0 Å². The van der Waals surface area contributed by atoms with Gasteiger partial charge >= 0.3 is 6.98 Å². The van der Waals surface area contributed by atoms with Crippen LogP contribution in [0.4, 0.5) is 12.9 Å². The Morgan fingerprint density at radius 1 is 1.38 bits per heavy atom. The molecule has 0 aliphatic rings. The molecule has 0 aliphatic carbocycles. The molecule has 0 N–H and O–H groups in total. The average Bonchev–Trinajstić information content (AvgIpc) is 1.59. The smallest absolute Gasteiger partial charge is 0.447 e. The van der Waals surface area contributed by atoms with Crippen molar-refractivity contribution in [1.82, 2.24) is 0 Å². The number of hydrogen-bond acceptors (Lipinski definition) is 1. The highest BCUT2D eigenvalue weighted by Gasteiger charge is 2.22. The van der Waals surface area contributed by atoms with E-state index in [4.69, 9.17) is 0 Å². The quantitative estimate of drug-likeness (QED) is 0.520. The molecule has 0 radical (unpaired) electrons. The molecule has 0 amide bonds. The first-order valence-electron chi connectivity index (χ1n) is 2.35. The van der Waals surface area contributed by atoms with Crippen LogP contribution in [0.3, 0.4) is 0 Å². The summed E-state index contributed by atoms with van der Waals surface area (Å²) in [6.45, 7) is -4.14. The second-order valence-electron chi connectivity index (χ2n) is 1.37. The Morgan fingerprint density at radius 3 is 2.00 bits per heavy atom. The van der Waals surface area contributed by atoms with Crippen molar-refractivity contribution in [2.24, 2.45) is 0 Å². The lowest BCUT2D eigenvalue weighted by atomic mass is 9.95. The normalized spacial score (nSPS) is 12.0. The third-order valence-electron chi connectivity index (χ3n) is 0.511. The Balaban J connectivity index is 3.11. The van der Waals surface area contributed by atoms with Gasteiger partial charge in [-0.1, -0.05) is 0 Å². The molecule has 0 bridgehead atoms. The van der Waals surface area contributed by atoms with Crippen molar-refractivity contribution in [3.8, 4) is 0 Å². The lowest BCUT2D eigenvalue weighted by Gasteiger charge is -2.11. The van der Waals surface area contributed by atoms with Gasteiger partial charge in [-0.15, -0.1) is 0 Å². The Hall–Kier alpha value is -0.185. The van der Waals surface area contributed by atoms with Crippen LogP contribution < -0.4 is 0 Å². The maximum atomic E-state index is 11.2. The van der Waals surface area contributed by atoms with Gasteiger partial charge in [-0.2, -0.15) is 0 Å². The van der Waals surface area contributed by atoms with Crippen LogP contribution in [0.15, 0.2) is 0 Å². The van der Waals surface area contributed by atoms with Crippen molar-refractivity contribution in [1.29, 1.82) is 0 Å². The van der Waals surface area contributed by atoms with Crippen LogP contribution in [0.5, 0.6) is 0 Å². The summed E-state index contributed by atoms with van der Waals surface area (Å²) in [6, 6.07) is 0. The third kappa shape index (κ3) is 5.81. The first-order chi connectivity index (χ1) is 3.56. The van der Waals surface area contributed by atoms with Crippen LogP contribution in [0.25, 0.3) is 0 Å². The van der Waals surface area contributed by atoms with Gasteiger partial charge in [0.15, 0.2) is 0 Å². The molecule has 8 heavy (non-hydrogen) atoms. The van der Waals surface area contributed by atoms with E-state index in [1.165, 1.54) is 6.92 Å². The molecule has 0 saturated carbocycles. The number of ether oxygens (including phenoxy) is 1. The molecule has 0 atom stereocenters. The van der Waals surface area contributed by atoms with E-state index in [2.05, 4.69) is 4.74 Å². The Labute approximate surface area is 45.9 Å². The molecular weight excluding hydrogens is 120 g/mol. The van der Waals surface area contributed by atoms with Crippen molar-refractivity contribution in [2.75, 3.05) is 13.1 Å². The zero-order valence-corrected chi connectivity index (χ0v) is 4.53. The van der Waals surface area contributed by atoms with Gasteiger partial charge in [-0.25, -0.2) is 0 Å². The molecule has 0 unspecified atom stereocenters. The van der Waals surface area contributed by atoms with Crippen LogP contribution in [0, 0.1) is 0 Å². The maximum Gasteiger partial charge on any atom is 0.503 e. The fraction of sp³-hybridized carbons (Fsp3) is 1.00. The number of halogens is 3. The molecule has 0 saturated heterocycles. The van der Waals surface area contributed by atoms with Crippen molar-refractivity contribution >= 4 is 6.98 Å². The van der Waals surface area contributed by atoms with Crippen LogP contribution in [0.2, 0.25) is 0 Å². The summed E-state index contributed by atoms with van der Waals surface area (Å²) in [4.78, 5) is 0. The molecule has 5 heteroatoms. The minimum Gasteiger partial charge on any atom is -0.447 e. The summed E-state index contributed by atoms with van der Waals surface area (Å²) < 4.78 is 37.6. The van der Waals surface area contributed by atoms with Crippen molar-refractivity contribution < 1.29 is 17.7 Å². The van der Waals surface area contributed by atoms with Gasteiger partial charge in [0.25, 0.3) is 0 Å². The zero-order chi connectivity index (χ0) is 6.62. The first kappa shape index (κ1) is 7.81. The highest BCUT2D eigenvalue weighted by atomic mass is 19.4. The van der Waals surface area contributed by atoms with Gasteiger partial charge in [-0.3, -0.25) is 0 Å². The SMILES string of the molecule is CCOC[B-](F)(F)F. The van der Waals surface area contributed by atoms with Gasteiger partial charge in [0.1, 0.15) is 0 Å². The highest BCUT2D eigenvalue weighted by molar-refractivity contribution is 6.58. The molecule has 0 aromatic carbocycles. The van der Waals surface area contributed by atoms with Crippen LogP contribution in [0.1, 0.15) is 6.92 Å². The van der Waals surface area contributed by atoms with Gasteiger partial charge in [0, 0.05) is 13.1 Å². The summed E-state index contributed by atoms with van der Waals surface area (Å²) in [7, 11) is 0. The van der Waals surface area contributed by atoms with Crippen LogP contribution in [-0.2, 0) is 4.74 Å². The average molecular weight is 127 g/mol. The van der Waals surface area contributed by atoms with Gasteiger partial charge in [-0.05, 0) is 6.92 Å². The lowest BCUT2D eigenvalue weighted by molar-refractivity contribution is 0.164. The highest BCUT2D eigenvalue weighted by Crippen LogP contribution is 2.07. The molecule has 50 valence electrons. The summed E-state index contributed by atoms with van der Waals surface area (Å²) in [5.74, 6) is 0. The Kier molecular flexibility index (Phi) is 2.90. The first-order valence-corrected chi connectivity index (χ1v) is 2.35. The largest absolute Gasteiger partial charge is 0.503 e. The summed E-state index contributed by atoms with van der Waals surface area (Å²) >= 11 is 0. The maximum absolute atomic E-state index is 11.2. The standard InChI is InChI=1S/C3H7BF3O/c1-2-8-3-4(5,6)7/h2-3H2,1H3/q-1. The van der Waals surface area contributed by atoms with E-state index in [1.54, 1.807) is 0 Å². The predicted molar refractivity (Wildman–Crippen MR) is 25.6 cm³/mol. The number of hydrogen-bond donors (Lipinski definition) is 0. The molecule has 0 aromatic heterocycles. The molecular formula is C3H7BF3O-. The van der Waals surface area contributed by atoms with Gasteiger partial charge < -0.3 is 17.7 Å². The van der Waals surface area contributed by atoms with E-state index < -0.39 is 13.5 Å².